The Labute approximate surface area is 146 Å². The van der Waals surface area contributed by atoms with Crippen molar-refractivity contribution in [3.05, 3.63) is 57.8 Å². The van der Waals surface area contributed by atoms with Gasteiger partial charge in [0, 0.05) is 30.0 Å². The van der Waals surface area contributed by atoms with Crippen LogP contribution < -0.4 is 10.9 Å². The van der Waals surface area contributed by atoms with Crippen molar-refractivity contribution in [2.24, 2.45) is 0 Å². The van der Waals surface area contributed by atoms with Gasteiger partial charge >= 0.3 is 0 Å². The molecule has 7 nitrogen and oxygen atoms in total. The third-order valence-electron chi connectivity index (χ3n) is 3.55. The van der Waals surface area contributed by atoms with E-state index in [-0.39, 0.29) is 18.0 Å². The monoisotopic (exact) mass is 389 g/mol. The fourth-order valence-corrected chi connectivity index (χ4v) is 2.72. The third kappa shape index (κ3) is 3.88. The molecule has 24 heavy (non-hydrogen) atoms. The number of benzene rings is 1. The topological polar surface area (TPSA) is 81.8 Å². The Morgan fingerprint density at radius 2 is 2.21 bits per heavy atom. The minimum atomic E-state index is -0.229. The van der Waals surface area contributed by atoms with Crippen molar-refractivity contribution < 1.29 is 4.79 Å². The second-order valence-electron chi connectivity index (χ2n) is 5.31. The van der Waals surface area contributed by atoms with E-state index < -0.39 is 0 Å². The Morgan fingerprint density at radius 3 is 3.00 bits per heavy atom. The van der Waals surface area contributed by atoms with Gasteiger partial charge in [-0.2, -0.15) is 5.10 Å². The molecule has 0 saturated heterocycles. The molecule has 124 valence electrons. The first kappa shape index (κ1) is 16.4. The minimum Gasteiger partial charge on any atom is -0.354 e. The Morgan fingerprint density at radius 1 is 1.33 bits per heavy atom. The molecule has 3 aromatic rings. The van der Waals surface area contributed by atoms with Crippen molar-refractivity contribution in [3.63, 3.8) is 0 Å². The standard InChI is InChI=1S/C16H16BrN5O2/c17-12-3-4-14-13(9-12)16(24)21(11-19-14)10-15(23)18-5-1-7-22-8-2-6-20-22/h2-4,6,8-9,11H,1,5,7,10H2,(H,18,23). The quantitative estimate of drug-likeness (QED) is 0.648. The van der Waals surface area contributed by atoms with Gasteiger partial charge in [0.15, 0.2) is 0 Å². The number of fused-ring (bicyclic) bond motifs is 1. The Balaban J connectivity index is 1.59. The summed E-state index contributed by atoms with van der Waals surface area (Å²) in [6.45, 7) is 1.22. The van der Waals surface area contributed by atoms with Crippen LogP contribution in [0.2, 0.25) is 0 Å². The van der Waals surface area contributed by atoms with E-state index >= 15 is 0 Å². The Kier molecular flexibility index (Phi) is 5.05. The largest absolute Gasteiger partial charge is 0.354 e. The van der Waals surface area contributed by atoms with E-state index in [1.54, 1.807) is 18.3 Å². The summed E-state index contributed by atoms with van der Waals surface area (Å²) < 4.78 is 3.93. The zero-order valence-corrected chi connectivity index (χ0v) is 14.4. The lowest BCUT2D eigenvalue weighted by molar-refractivity contribution is -0.121. The van der Waals surface area contributed by atoms with Gasteiger partial charge in [0.05, 0.1) is 17.2 Å². The molecule has 0 fully saturated rings. The lowest BCUT2D eigenvalue weighted by Gasteiger charge is -2.08. The van der Waals surface area contributed by atoms with Crippen molar-refractivity contribution >= 4 is 32.7 Å². The lowest BCUT2D eigenvalue weighted by Crippen LogP contribution is -2.33. The Hall–Kier alpha value is -2.48. The molecule has 1 N–H and O–H groups in total. The summed E-state index contributed by atoms with van der Waals surface area (Å²) in [6.07, 6.45) is 5.77. The SMILES string of the molecule is O=C(Cn1cnc2ccc(Br)cc2c1=O)NCCCn1cccn1. The van der Waals surface area contributed by atoms with Crippen LogP contribution in [0.3, 0.4) is 0 Å². The second kappa shape index (κ2) is 7.39. The highest BCUT2D eigenvalue weighted by Crippen LogP contribution is 2.14. The summed E-state index contributed by atoms with van der Waals surface area (Å²) in [4.78, 5) is 28.6. The first-order valence-corrected chi connectivity index (χ1v) is 8.31. The summed E-state index contributed by atoms with van der Waals surface area (Å²) in [5.41, 5.74) is 0.382. The van der Waals surface area contributed by atoms with Crippen LogP contribution in [-0.4, -0.2) is 31.8 Å². The number of nitrogens with zero attached hydrogens (tertiary/aromatic N) is 4. The smallest absolute Gasteiger partial charge is 0.261 e. The summed E-state index contributed by atoms with van der Waals surface area (Å²) in [6, 6.07) is 7.16. The predicted molar refractivity (Wildman–Crippen MR) is 93.6 cm³/mol. The van der Waals surface area contributed by atoms with Crippen LogP contribution in [-0.2, 0) is 17.9 Å². The highest BCUT2D eigenvalue weighted by molar-refractivity contribution is 9.10. The van der Waals surface area contributed by atoms with Gasteiger partial charge in [-0.15, -0.1) is 0 Å². The summed E-state index contributed by atoms with van der Waals surface area (Å²) in [5, 5.41) is 7.38. The van der Waals surface area contributed by atoms with Crippen molar-refractivity contribution in [2.45, 2.75) is 19.5 Å². The normalized spacial score (nSPS) is 10.9. The fraction of sp³-hybridized carbons (Fsp3) is 0.250. The maximum absolute atomic E-state index is 12.4. The number of aromatic nitrogens is 4. The van der Waals surface area contributed by atoms with E-state index in [2.05, 4.69) is 31.3 Å². The van der Waals surface area contributed by atoms with Gasteiger partial charge in [-0.05, 0) is 30.7 Å². The fourth-order valence-electron chi connectivity index (χ4n) is 2.36. The van der Waals surface area contributed by atoms with E-state index in [9.17, 15) is 9.59 Å². The first-order valence-electron chi connectivity index (χ1n) is 7.52. The molecule has 0 saturated carbocycles. The summed E-state index contributed by atoms with van der Waals surface area (Å²) in [7, 11) is 0. The minimum absolute atomic E-state index is 0.0456. The molecule has 0 aliphatic heterocycles. The number of carbonyl (C=O) groups is 1. The lowest BCUT2D eigenvalue weighted by atomic mass is 10.2. The molecule has 8 heteroatoms. The van der Waals surface area contributed by atoms with E-state index in [4.69, 9.17) is 0 Å². The van der Waals surface area contributed by atoms with E-state index in [1.807, 2.05) is 23.0 Å². The third-order valence-corrected chi connectivity index (χ3v) is 4.04. The molecule has 0 spiro atoms. The van der Waals surface area contributed by atoms with Crippen LogP contribution in [0.1, 0.15) is 6.42 Å². The van der Waals surface area contributed by atoms with E-state index in [0.29, 0.717) is 17.4 Å². The first-order chi connectivity index (χ1) is 11.6. The van der Waals surface area contributed by atoms with Gasteiger partial charge in [0.2, 0.25) is 5.91 Å². The van der Waals surface area contributed by atoms with Gasteiger partial charge in [0.25, 0.3) is 5.56 Å². The van der Waals surface area contributed by atoms with Crippen LogP contribution in [0, 0.1) is 0 Å². The number of aryl methyl sites for hydroxylation is 1. The van der Waals surface area contributed by atoms with Crippen LogP contribution >= 0.6 is 15.9 Å². The number of hydrogen-bond donors (Lipinski definition) is 1. The molecular weight excluding hydrogens is 374 g/mol. The van der Waals surface area contributed by atoms with Crippen molar-refractivity contribution in [1.29, 1.82) is 0 Å². The maximum Gasteiger partial charge on any atom is 0.261 e. The molecule has 0 aliphatic carbocycles. The molecule has 1 aromatic carbocycles. The molecule has 0 unspecified atom stereocenters. The van der Waals surface area contributed by atoms with Crippen molar-refractivity contribution in [2.75, 3.05) is 6.54 Å². The van der Waals surface area contributed by atoms with Crippen molar-refractivity contribution in [1.82, 2.24) is 24.6 Å². The molecule has 3 rings (SSSR count). The molecule has 0 bridgehead atoms. The highest BCUT2D eigenvalue weighted by atomic mass is 79.9. The number of halogens is 1. The summed E-state index contributed by atoms with van der Waals surface area (Å²) >= 11 is 3.34. The average Bonchev–Trinajstić information content (AvgIpc) is 3.08. The molecule has 2 heterocycles. The summed E-state index contributed by atoms with van der Waals surface area (Å²) in [5.74, 6) is -0.214. The zero-order chi connectivity index (χ0) is 16.9. The molecule has 0 aliphatic rings. The van der Waals surface area contributed by atoms with Gasteiger partial charge in [-0.1, -0.05) is 15.9 Å². The van der Waals surface area contributed by atoms with Gasteiger partial charge in [-0.25, -0.2) is 4.98 Å². The number of rotatable bonds is 6. The molecule has 0 atom stereocenters. The zero-order valence-electron chi connectivity index (χ0n) is 12.9. The number of amides is 1. The van der Waals surface area contributed by atoms with Gasteiger partial charge < -0.3 is 5.32 Å². The van der Waals surface area contributed by atoms with Crippen LogP contribution in [0.15, 0.2) is 52.3 Å². The molecule has 2 aromatic heterocycles. The van der Waals surface area contributed by atoms with Crippen molar-refractivity contribution in [3.8, 4) is 0 Å². The van der Waals surface area contributed by atoms with E-state index in [1.165, 1.54) is 10.9 Å². The molecule has 1 amide bonds. The number of hydrogen-bond acceptors (Lipinski definition) is 4. The maximum atomic E-state index is 12.4. The highest BCUT2D eigenvalue weighted by Gasteiger charge is 2.08. The second-order valence-corrected chi connectivity index (χ2v) is 6.23. The van der Waals surface area contributed by atoms with Gasteiger partial charge in [0.1, 0.15) is 6.54 Å². The van der Waals surface area contributed by atoms with Crippen LogP contribution in [0.4, 0.5) is 0 Å². The predicted octanol–water partition coefficient (Wildman–Crippen LogP) is 1.56. The molecular formula is C16H16BrN5O2. The number of carbonyl (C=O) groups excluding carboxylic acids is 1. The average molecular weight is 390 g/mol. The van der Waals surface area contributed by atoms with Gasteiger partial charge in [-0.3, -0.25) is 18.8 Å². The molecule has 0 radical (unpaired) electrons. The van der Waals surface area contributed by atoms with Crippen LogP contribution in [0.25, 0.3) is 10.9 Å². The van der Waals surface area contributed by atoms with E-state index in [0.717, 1.165) is 17.4 Å². The number of nitrogens with one attached hydrogen (secondary N) is 1. The Bertz CT molecular complexity index is 904. The van der Waals surface area contributed by atoms with Crippen LogP contribution in [0.5, 0.6) is 0 Å².